The van der Waals surface area contributed by atoms with Crippen molar-refractivity contribution in [2.45, 2.75) is 32.0 Å². The first-order valence-electron chi connectivity index (χ1n) is 7.79. The Labute approximate surface area is 139 Å². The Hall–Kier alpha value is -1.92. The molecule has 0 aliphatic carbocycles. The van der Waals surface area contributed by atoms with E-state index >= 15 is 0 Å². The molecule has 1 aromatic heterocycles. The van der Waals surface area contributed by atoms with E-state index in [1.807, 2.05) is 35.7 Å². The van der Waals surface area contributed by atoms with Crippen molar-refractivity contribution in [3.05, 3.63) is 46.4 Å². The van der Waals surface area contributed by atoms with Gasteiger partial charge in [0.2, 0.25) is 5.91 Å². The van der Waals surface area contributed by atoms with Gasteiger partial charge in [0.05, 0.1) is 18.2 Å². The fourth-order valence-electron chi connectivity index (χ4n) is 2.42. The van der Waals surface area contributed by atoms with E-state index in [9.17, 15) is 4.79 Å². The zero-order chi connectivity index (χ0) is 15.9. The molecule has 0 saturated carbocycles. The van der Waals surface area contributed by atoms with Crippen LogP contribution >= 0.6 is 11.3 Å². The Morgan fingerprint density at radius 1 is 1.39 bits per heavy atom. The lowest BCUT2D eigenvalue weighted by atomic mass is 10.2. The molecule has 1 aromatic carbocycles. The maximum atomic E-state index is 11.9. The standard InChI is InChI=1S/C17H20N2O3S/c20-16(18-10-15-7-4-8-21-15)9-13-12-23-17(19-13)11-22-14-5-2-1-3-6-14/h1-3,5-6,12,15H,4,7-11H2,(H,18,20). The second-order valence-corrected chi connectivity index (χ2v) is 6.39. The topological polar surface area (TPSA) is 60.5 Å². The van der Waals surface area contributed by atoms with Gasteiger partial charge in [-0.25, -0.2) is 4.98 Å². The average Bonchev–Trinajstić information content (AvgIpc) is 3.24. The van der Waals surface area contributed by atoms with Crippen LogP contribution in [0.3, 0.4) is 0 Å². The molecule has 0 radical (unpaired) electrons. The molecule has 23 heavy (non-hydrogen) atoms. The number of rotatable bonds is 7. The highest BCUT2D eigenvalue weighted by Gasteiger charge is 2.16. The van der Waals surface area contributed by atoms with Gasteiger partial charge in [-0.05, 0) is 25.0 Å². The van der Waals surface area contributed by atoms with Gasteiger partial charge in [-0.1, -0.05) is 18.2 Å². The number of benzene rings is 1. The summed E-state index contributed by atoms with van der Waals surface area (Å²) in [5.41, 5.74) is 0.784. The highest BCUT2D eigenvalue weighted by Crippen LogP contribution is 2.15. The normalized spacial score (nSPS) is 17.1. The lowest BCUT2D eigenvalue weighted by Crippen LogP contribution is -2.32. The third-order valence-electron chi connectivity index (χ3n) is 3.60. The average molecular weight is 332 g/mol. The smallest absolute Gasteiger partial charge is 0.226 e. The van der Waals surface area contributed by atoms with Gasteiger partial charge in [-0.15, -0.1) is 11.3 Å². The summed E-state index contributed by atoms with van der Waals surface area (Å²) >= 11 is 1.51. The van der Waals surface area contributed by atoms with E-state index in [4.69, 9.17) is 9.47 Å². The van der Waals surface area contributed by atoms with Gasteiger partial charge in [0.1, 0.15) is 17.4 Å². The Balaban J connectivity index is 1.42. The number of nitrogens with zero attached hydrogens (tertiary/aromatic N) is 1. The number of hydrogen-bond acceptors (Lipinski definition) is 5. The molecule has 1 amide bonds. The van der Waals surface area contributed by atoms with Crippen molar-refractivity contribution in [1.29, 1.82) is 0 Å². The third kappa shape index (κ3) is 5.04. The van der Waals surface area contributed by atoms with E-state index in [2.05, 4.69) is 10.3 Å². The fourth-order valence-corrected chi connectivity index (χ4v) is 3.12. The first-order chi connectivity index (χ1) is 11.3. The molecule has 122 valence electrons. The highest BCUT2D eigenvalue weighted by molar-refractivity contribution is 7.09. The second-order valence-electron chi connectivity index (χ2n) is 5.45. The van der Waals surface area contributed by atoms with Gasteiger partial charge in [0, 0.05) is 18.5 Å². The molecular weight excluding hydrogens is 312 g/mol. The summed E-state index contributed by atoms with van der Waals surface area (Å²) in [5.74, 6) is 0.805. The van der Waals surface area contributed by atoms with Crippen LogP contribution in [-0.2, 0) is 22.6 Å². The van der Waals surface area contributed by atoms with E-state index < -0.39 is 0 Å². The summed E-state index contributed by atoms with van der Waals surface area (Å²) in [4.78, 5) is 16.4. The van der Waals surface area contributed by atoms with E-state index in [0.717, 1.165) is 35.9 Å². The van der Waals surface area contributed by atoms with E-state index in [-0.39, 0.29) is 12.0 Å². The Morgan fingerprint density at radius 3 is 3.04 bits per heavy atom. The molecule has 1 atom stereocenters. The Morgan fingerprint density at radius 2 is 2.26 bits per heavy atom. The van der Waals surface area contributed by atoms with Crippen LogP contribution in [0.4, 0.5) is 0 Å². The largest absolute Gasteiger partial charge is 0.486 e. The quantitative estimate of drug-likeness (QED) is 0.846. The molecule has 1 saturated heterocycles. The molecule has 2 heterocycles. The van der Waals surface area contributed by atoms with Crippen molar-refractivity contribution >= 4 is 17.2 Å². The first kappa shape index (κ1) is 16.0. The summed E-state index contributed by atoms with van der Waals surface area (Å²) in [6.45, 7) is 1.82. The Bertz CT molecular complexity index is 624. The molecule has 0 bridgehead atoms. The van der Waals surface area contributed by atoms with Crippen LogP contribution in [0.2, 0.25) is 0 Å². The van der Waals surface area contributed by atoms with Gasteiger partial charge < -0.3 is 14.8 Å². The maximum Gasteiger partial charge on any atom is 0.226 e. The van der Waals surface area contributed by atoms with Crippen LogP contribution in [-0.4, -0.2) is 30.1 Å². The van der Waals surface area contributed by atoms with Crippen LogP contribution in [0, 0.1) is 0 Å². The number of thiazole rings is 1. The van der Waals surface area contributed by atoms with E-state index in [1.165, 1.54) is 11.3 Å². The fraction of sp³-hybridized carbons (Fsp3) is 0.412. The number of hydrogen-bond donors (Lipinski definition) is 1. The molecule has 3 rings (SSSR count). The van der Waals surface area contributed by atoms with Gasteiger partial charge in [-0.2, -0.15) is 0 Å². The van der Waals surface area contributed by atoms with Crippen molar-refractivity contribution in [1.82, 2.24) is 10.3 Å². The SMILES string of the molecule is O=C(Cc1csc(COc2ccccc2)n1)NCC1CCCO1. The summed E-state index contributed by atoms with van der Waals surface area (Å²) < 4.78 is 11.1. The Kier molecular flexibility index (Phi) is 5.60. The van der Waals surface area contributed by atoms with Crippen molar-refractivity contribution < 1.29 is 14.3 Å². The number of carbonyl (C=O) groups excluding carboxylic acids is 1. The van der Waals surface area contributed by atoms with Crippen molar-refractivity contribution in [3.63, 3.8) is 0 Å². The number of ether oxygens (including phenoxy) is 2. The summed E-state index contributed by atoms with van der Waals surface area (Å²) in [5, 5.41) is 5.69. The molecule has 6 heteroatoms. The maximum absolute atomic E-state index is 11.9. The van der Waals surface area contributed by atoms with Gasteiger partial charge >= 0.3 is 0 Å². The molecule has 0 spiro atoms. The molecule has 1 aliphatic heterocycles. The zero-order valence-electron chi connectivity index (χ0n) is 12.9. The monoisotopic (exact) mass is 332 g/mol. The van der Waals surface area contributed by atoms with Gasteiger partial charge in [-0.3, -0.25) is 4.79 Å². The minimum absolute atomic E-state index is 0.0127. The molecule has 1 fully saturated rings. The molecule has 1 unspecified atom stereocenters. The highest BCUT2D eigenvalue weighted by atomic mass is 32.1. The zero-order valence-corrected chi connectivity index (χ0v) is 13.7. The predicted octanol–water partition coefficient (Wildman–Crippen LogP) is 2.56. The van der Waals surface area contributed by atoms with Crippen LogP contribution < -0.4 is 10.1 Å². The molecule has 5 nitrogen and oxygen atoms in total. The summed E-state index contributed by atoms with van der Waals surface area (Å²) in [6, 6.07) is 9.63. The van der Waals surface area contributed by atoms with E-state index in [0.29, 0.717) is 19.6 Å². The molecule has 1 N–H and O–H groups in total. The predicted molar refractivity (Wildman–Crippen MR) is 88.6 cm³/mol. The number of para-hydroxylation sites is 1. The van der Waals surface area contributed by atoms with Crippen LogP contribution in [0.25, 0.3) is 0 Å². The lowest BCUT2D eigenvalue weighted by Gasteiger charge is -2.10. The van der Waals surface area contributed by atoms with Crippen LogP contribution in [0.5, 0.6) is 5.75 Å². The summed E-state index contributed by atoms with van der Waals surface area (Å²) in [7, 11) is 0. The lowest BCUT2D eigenvalue weighted by molar-refractivity contribution is -0.121. The number of aromatic nitrogens is 1. The number of nitrogens with one attached hydrogen (secondary N) is 1. The summed E-state index contributed by atoms with van der Waals surface area (Å²) in [6.07, 6.45) is 2.58. The first-order valence-corrected chi connectivity index (χ1v) is 8.67. The molecule has 1 aliphatic rings. The van der Waals surface area contributed by atoms with Crippen molar-refractivity contribution in [2.24, 2.45) is 0 Å². The third-order valence-corrected chi connectivity index (χ3v) is 4.47. The molecule has 2 aromatic rings. The molecular formula is C17H20N2O3S. The number of carbonyl (C=O) groups is 1. The van der Waals surface area contributed by atoms with Gasteiger partial charge in [0.15, 0.2) is 0 Å². The van der Waals surface area contributed by atoms with Crippen LogP contribution in [0.1, 0.15) is 23.5 Å². The van der Waals surface area contributed by atoms with Crippen LogP contribution in [0.15, 0.2) is 35.7 Å². The van der Waals surface area contributed by atoms with Crippen molar-refractivity contribution in [2.75, 3.05) is 13.2 Å². The minimum Gasteiger partial charge on any atom is -0.486 e. The van der Waals surface area contributed by atoms with E-state index in [1.54, 1.807) is 0 Å². The second kappa shape index (κ2) is 8.08. The number of amides is 1. The minimum atomic E-state index is -0.0127. The van der Waals surface area contributed by atoms with Gasteiger partial charge in [0.25, 0.3) is 0 Å². The van der Waals surface area contributed by atoms with Crippen molar-refractivity contribution in [3.8, 4) is 5.75 Å².